The molecule has 2 aromatic carbocycles. The molecule has 2 N–H and O–H groups in total. The van der Waals surface area contributed by atoms with Crippen LogP contribution in [0.15, 0.2) is 54.6 Å². The molecule has 0 aromatic heterocycles. The molecule has 0 saturated heterocycles. The summed E-state index contributed by atoms with van der Waals surface area (Å²) in [5.74, 6) is -0.333. The van der Waals surface area contributed by atoms with Crippen LogP contribution < -0.4 is 10.6 Å². The molecular formula is C20H22FN3OS. The van der Waals surface area contributed by atoms with E-state index in [2.05, 4.69) is 10.6 Å². The molecule has 0 unspecified atom stereocenters. The molecule has 1 amide bonds. The van der Waals surface area contributed by atoms with Crippen molar-refractivity contribution in [1.82, 2.24) is 15.5 Å². The molecule has 1 aliphatic carbocycles. The van der Waals surface area contributed by atoms with E-state index in [1.165, 1.54) is 6.07 Å². The average molecular weight is 371 g/mol. The summed E-state index contributed by atoms with van der Waals surface area (Å²) >= 11 is 5.48. The second-order valence-electron chi connectivity index (χ2n) is 6.43. The molecule has 1 saturated carbocycles. The van der Waals surface area contributed by atoms with Crippen LogP contribution in [0.4, 0.5) is 4.39 Å². The number of amides is 1. The highest BCUT2D eigenvalue weighted by Gasteiger charge is 2.23. The van der Waals surface area contributed by atoms with Gasteiger partial charge >= 0.3 is 0 Å². The monoisotopic (exact) mass is 371 g/mol. The molecule has 3 rings (SSSR count). The van der Waals surface area contributed by atoms with Gasteiger partial charge in [-0.1, -0.05) is 48.5 Å². The number of benzene rings is 2. The van der Waals surface area contributed by atoms with E-state index >= 15 is 0 Å². The smallest absolute Gasteiger partial charge is 0.239 e. The van der Waals surface area contributed by atoms with Gasteiger partial charge in [0.25, 0.3) is 0 Å². The van der Waals surface area contributed by atoms with Crippen LogP contribution >= 0.6 is 12.2 Å². The van der Waals surface area contributed by atoms with Crippen LogP contribution in [0.5, 0.6) is 0 Å². The third-order valence-corrected chi connectivity index (χ3v) is 4.57. The van der Waals surface area contributed by atoms with E-state index in [0.29, 0.717) is 29.8 Å². The highest BCUT2D eigenvalue weighted by molar-refractivity contribution is 7.80. The summed E-state index contributed by atoms with van der Waals surface area (Å²) in [5.41, 5.74) is 1.63. The number of nitrogens with one attached hydrogen (secondary N) is 2. The first kappa shape index (κ1) is 18.3. The SMILES string of the molecule is O=C(CNC(=S)N(Cc1ccccc1)Cc1ccccc1F)NC1CC1. The van der Waals surface area contributed by atoms with Gasteiger partial charge in [-0.25, -0.2) is 4.39 Å². The second kappa shape index (κ2) is 8.76. The Morgan fingerprint density at radius 1 is 1.08 bits per heavy atom. The lowest BCUT2D eigenvalue weighted by molar-refractivity contribution is -0.120. The van der Waals surface area contributed by atoms with Crippen LogP contribution in [0, 0.1) is 5.82 Å². The Morgan fingerprint density at radius 2 is 1.77 bits per heavy atom. The van der Waals surface area contributed by atoms with E-state index in [1.54, 1.807) is 18.2 Å². The van der Waals surface area contributed by atoms with Crippen molar-refractivity contribution in [1.29, 1.82) is 0 Å². The third kappa shape index (κ3) is 5.52. The minimum Gasteiger partial charge on any atom is -0.353 e. The van der Waals surface area contributed by atoms with Crippen molar-refractivity contribution in [2.75, 3.05) is 6.54 Å². The van der Waals surface area contributed by atoms with E-state index in [9.17, 15) is 9.18 Å². The zero-order chi connectivity index (χ0) is 18.4. The van der Waals surface area contributed by atoms with Crippen LogP contribution in [-0.2, 0) is 17.9 Å². The van der Waals surface area contributed by atoms with Crippen LogP contribution in [-0.4, -0.2) is 28.5 Å². The van der Waals surface area contributed by atoms with Crippen molar-refractivity contribution in [3.05, 3.63) is 71.5 Å². The van der Waals surface area contributed by atoms with Gasteiger partial charge in [0.05, 0.1) is 6.54 Å². The lowest BCUT2D eigenvalue weighted by atomic mass is 10.1. The fourth-order valence-corrected chi connectivity index (χ4v) is 2.81. The Kier molecular flexibility index (Phi) is 6.17. The molecule has 4 nitrogen and oxygen atoms in total. The van der Waals surface area contributed by atoms with Gasteiger partial charge in [0.15, 0.2) is 5.11 Å². The number of halogens is 1. The van der Waals surface area contributed by atoms with Gasteiger partial charge in [0, 0.05) is 24.7 Å². The second-order valence-corrected chi connectivity index (χ2v) is 6.82. The number of carbonyl (C=O) groups excluding carboxylic acids is 1. The number of hydrogen-bond acceptors (Lipinski definition) is 2. The standard InChI is InChI=1S/C20H22FN3OS/c21-18-9-5-4-8-16(18)14-24(13-15-6-2-1-3-7-15)20(26)22-12-19(25)23-17-10-11-17/h1-9,17H,10-14H2,(H,22,26)(H,23,25). The van der Waals surface area contributed by atoms with E-state index < -0.39 is 0 Å². The van der Waals surface area contributed by atoms with Crippen molar-refractivity contribution in [2.24, 2.45) is 0 Å². The van der Waals surface area contributed by atoms with E-state index in [-0.39, 0.29) is 18.3 Å². The predicted molar refractivity (Wildman–Crippen MR) is 104 cm³/mol. The highest BCUT2D eigenvalue weighted by atomic mass is 32.1. The Bertz CT molecular complexity index is 765. The quantitative estimate of drug-likeness (QED) is 0.735. The van der Waals surface area contributed by atoms with Crippen molar-refractivity contribution in [3.8, 4) is 0 Å². The molecule has 1 fully saturated rings. The molecule has 2 aromatic rings. The van der Waals surface area contributed by atoms with Gasteiger partial charge in [-0.3, -0.25) is 4.79 Å². The number of thiocarbonyl (C=S) groups is 1. The summed E-state index contributed by atoms with van der Waals surface area (Å²) < 4.78 is 14.1. The fourth-order valence-electron chi connectivity index (χ4n) is 2.61. The largest absolute Gasteiger partial charge is 0.353 e. The minimum atomic E-state index is -0.264. The molecular weight excluding hydrogens is 349 g/mol. The van der Waals surface area contributed by atoms with Crippen LogP contribution in [0.2, 0.25) is 0 Å². The number of rotatable bonds is 7. The van der Waals surface area contributed by atoms with E-state index in [1.807, 2.05) is 35.2 Å². The molecule has 1 aliphatic rings. The fraction of sp³-hybridized carbons (Fsp3) is 0.300. The summed E-state index contributed by atoms with van der Waals surface area (Å²) in [6, 6.07) is 16.8. The topological polar surface area (TPSA) is 44.4 Å². The summed E-state index contributed by atoms with van der Waals surface area (Å²) in [7, 11) is 0. The maximum atomic E-state index is 14.1. The van der Waals surface area contributed by atoms with Crippen molar-refractivity contribution < 1.29 is 9.18 Å². The zero-order valence-electron chi connectivity index (χ0n) is 14.5. The Balaban J connectivity index is 1.65. The molecule has 26 heavy (non-hydrogen) atoms. The molecule has 0 spiro atoms. The van der Waals surface area contributed by atoms with Gasteiger partial charge in [0.1, 0.15) is 5.82 Å². The van der Waals surface area contributed by atoms with Gasteiger partial charge in [-0.15, -0.1) is 0 Å². The maximum Gasteiger partial charge on any atom is 0.239 e. The molecule has 0 bridgehead atoms. The first-order chi connectivity index (χ1) is 12.6. The van der Waals surface area contributed by atoms with Crippen molar-refractivity contribution in [2.45, 2.75) is 32.0 Å². The lowest BCUT2D eigenvalue weighted by Gasteiger charge is -2.26. The van der Waals surface area contributed by atoms with Gasteiger partial charge < -0.3 is 15.5 Å². The Hall–Kier alpha value is -2.47. The number of hydrogen-bond donors (Lipinski definition) is 2. The van der Waals surface area contributed by atoms with E-state index in [0.717, 1.165) is 18.4 Å². The summed E-state index contributed by atoms with van der Waals surface area (Å²) in [6.45, 7) is 0.987. The highest BCUT2D eigenvalue weighted by Crippen LogP contribution is 2.18. The van der Waals surface area contributed by atoms with Crippen LogP contribution in [0.3, 0.4) is 0 Å². The number of carbonyl (C=O) groups is 1. The van der Waals surface area contributed by atoms with Crippen LogP contribution in [0.1, 0.15) is 24.0 Å². The van der Waals surface area contributed by atoms with Gasteiger partial charge in [-0.05, 0) is 36.7 Å². The summed E-state index contributed by atoms with van der Waals surface area (Å²) in [5, 5.41) is 6.35. The maximum absolute atomic E-state index is 14.1. The van der Waals surface area contributed by atoms with Gasteiger partial charge in [-0.2, -0.15) is 0 Å². The molecule has 0 heterocycles. The summed E-state index contributed by atoms with van der Waals surface area (Å²) in [6.07, 6.45) is 2.09. The Morgan fingerprint density at radius 3 is 2.46 bits per heavy atom. The first-order valence-electron chi connectivity index (χ1n) is 8.71. The van der Waals surface area contributed by atoms with Gasteiger partial charge in [0.2, 0.25) is 5.91 Å². The zero-order valence-corrected chi connectivity index (χ0v) is 15.3. The average Bonchev–Trinajstić information content (AvgIpc) is 3.46. The van der Waals surface area contributed by atoms with E-state index in [4.69, 9.17) is 12.2 Å². The minimum absolute atomic E-state index is 0.0691. The molecule has 0 radical (unpaired) electrons. The first-order valence-corrected chi connectivity index (χ1v) is 9.12. The number of nitrogens with zero attached hydrogens (tertiary/aromatic N) is 1. The van der Waals surface area contributed by atoms with Crippen molar-refractivity contribution in [3.63, 3.8) is 0 Å². The molecule has 0 aliphatic heterocycles. The summed E-state index contributed by atoms with van der Waals surface area (Å²) in [4.78, 5) is 13.7. The molecule has 6 heteroatoms. The molecule has 136 valence electrons. The Labute approximate surface area is 158 Å². The van der Waals surface area contributed by atoms with Crippen LogP contribution in [0.25, 0.3) is 0 Å². The predicted octanol–water partition coefficient (Wildman–Crippen LogP) is 2.98. The lowest BCUT2D eigenvalue weighted by Crippen LogP contribution is -2.44. The molecule has 0 atom stereocenters. The van der Waals surface area contributed by atoms with Crippen molar-refractivity contribution >= 4 is 23.2 Å². The third-order valence-electron chi connectivity index (χ3n) is 4.17. The normalized spacial score (nSPS) is 13.1.